The fourth-order valence-electron chi connectivity index (χ4n) is 0.289. The van der Waals surface area contributed by atoms with E-state index >= 15 is 0 Å². The standard InChI is InChI=1S/C4H10BN/c5-3-1-2-4-6/h1-4,6H2. The van der Waals surface area contributed by atoms with E-state index in [1.165, 1.54) is 0 Å². The molecule has 0 heterocycles. The minimum atomic E-state index is 0.775. The van der Waals surface area contributed by atoms with Crippen molar-refractivity contribution in [3.8, 4) is 0 Å². The third kappa shape index (κ3) is 4.02. The van der Waals surface area contributed by atoms with Crippen molar-refractivity contribution in [2.75, 3.05) is 6.54 Å². The minimum Gasteiger partial charge on any atom is -0.330 e. The lowest BCUT2D eigenvalue weighted by Gasteiger charge is -1.86. The predicted octanol–water partition coefficient (Wildman–Crippen LogP) is 0.312. The fraction of sp³-hybridized carbons (Fsp3) is 1.00. The summed E-state index contributed by atoms with van der Waals surface area (Å²) >= 11 is 0. The zero-order valence-electron chi connectivity index (χ0n) is 3.98. The number of rotatable bonds is 3. The van der Waals surface area contributed by atoms with E-state index in [2.05, 4.69) is 0 Å². The summed E-state index contributed by atoms with van der Waals surface area (Å²) in [5.41, 5.74) is 5.16. The van der Waals surface area contributed by atoms with Crippen LogP contribution in [-0.4, -0.2) is 14.4 Å². The smallest absolute Gasteiger partial charge is 0.0653 e. The normalized spacial score (nSPS) is 8.83. The molecule has 0 rings (SSSR count). The maximum Gasteiger partial charge on any atom is 0.0653 e. The Hall–Kier alpha value is 0.0249. The van der Waals surface area contributed by atoms with E-state index in [9.17, 15) is 0 Å². The van der Waals surface area contributed by atoms with Crippen molar-refractivity contribution in [3.63, 3.8) is 0 Å². The van der Waals surface area contributed by atoms with Gasteiger partial charge in [-0.1, -0.05) is 12.7 Å². The third-order valence-corrected chi connectivity index (χ3v) is 0.658. The molecule has 0 spiro atoms. The summed E-state index contributed by atoms with van der Waals surface area (Å²) in [4.78, 5) is 0. The van der Waals surface area contributed by atoms with Crippen molar-refractivity contribution in [1.29, 1.82) is 0 Å². The molecule has 0 aromatic rings. The quantitative estimate of drug-likeness (QED) is 0.385. The second kappa shape index (κ2) is 5.02. The number of hydrogen-bond acceptors (Lipinski definition) is 1. The first kappa shape index (κ1) is 6.02. The Kier molecular flexibility index (Phi) is 5.05. The fourth-order valence-corrected chi connectivity index (χ4v) is 0.289. The first-order chi connectivity index (χ1) is 2.91. The van der Waals surface area contributed by atoms with E-state index in [1.54, 1.807) is 0 Å². The maximum atomic E-state index is 5.16. The van der Waals surface area contributed by atoms with Crippen LogP contribution in [-0.2, 0) is 0 Å². The van der Waals surface area contributed by atoms with Crippen LogP contribution in [0, 0.1) is 0 Å². The molecule has 1 nitrogen and oxygen atoms in total. The monoisotopic (exact) mass is 83.1 g/mol. The second-order valence-electron chi connectivity index (χ2n) is 1.28. The zero-order chi connectivity index (χ0) is 4.83. The Morgan fingerprint density at radius 3 is 2.17 bits per heavy atom. The molecule has 0 saturated heterocycles. The van der Waals surface area contributed by atoms with Gasteiger partial charge in [-0.05, 0) is 13.0 Å². The summed E-state index contributed by atoms with van der Waals surface area (Å²) in [7, 11) is 5.16. The van der Waals surface area contributed by atoms with Crippen molar-refractivity contribution in [2.45, 2.75) is 19.2 Å². The second-order valence-corrected chi connectivity index (χ2v) is 1.28. The van der Waals surface area contributed by atoms with Crippen LogP contribution in [0.25, 0.3) is 0 Å². The summed E-state index contributed by atoms with van der Waals surface area (Å²) in [6.45, 7) is 0.775. The molecule has 2 heteroatoms. The van der Waals surface area contributed by atoms with Crippen LogP contribution in [0.15, 0.2) is 0 Å². The van der Waals surface area contributed by atoms with Gasteiger partial charge in [-0.15, -0.1) is 0 Å². The van der Waals surface area contributed by atoms with E-state index in [4.69, 9.17) is 13.6 Å². The van der Waals surface area contributed by atoms with Crippen LogP contribution in [0.5, 0.6) is 0 Å². The van der Waals surface area contributed by atoms with Crippen LogP contribution < -0.4 is 5.73 Å². The molecular formula is C4H10BN. The molecule has 0 amide bonds. The van der Waals surface area contributed by atoms with Crippen molar-refractivity contribution in [3.05, 3.63) is 0 Å². The molecule has 0 saturated carbocycles. The molecule has 0 fully saturated rings. The van der Waals surface area contributed by atoms with Crippen molar-refractivity contribution >= 4 is 7.85 Å². The maximum absolute atomic E-state index is 5.16. The molecule has 0 aromatic carbocycles. The highest BCUT2D eigenvalue weighted by Crippen LogP contribution is 1.86. The van der Waals surface area contributed by atoms with E-state index in [1.807, 2.05) is 0 Å². The Morgan fingerprint density at radius 2 is 2.00 bits per heavy atom. The Bertz CT molecular complexity index is 19.5. The molecule has 0 aliphatic carbocycles. The van der Waals surface area contributed by atoms with Gasteiger partial charge in [0.1, 0.15) is 0 Å². The molecule has 0 atom stereocenters. The largest absolute Gasteiger partial charge is 0.330 e. The van der Waals surface area contributed by atoms with Crippen LogP contribution in [0.4, 0.5) is 0 Å². The summed E-state index contributed by atoms with van der Waals surface area (Å²) in [5.74, 6) is 0. The first-order valence-electron chi connectivity index (χ1n) is 2.32. The van der Waals surface area contributed by atoms with Crippen molar-refractivity contribution < 1.29 is 0 Å². The summed E-state index contributed by atoms with van der Waals surface area (Å²) in [6, 6.07) is 0. The zero-order valence-corrected chi connectivity index (χ0v) is 3.98. The Balaban J connectivity index is 2.34. The number of hydrogen-bond donors (Lipinski definition) is 1. The Labute approximate surface area is 40.3 Å². The highest BCUT2D eigenvalue weighted by atomic mass is 14.5. The van der Waals surface area contributed by atoms with Gasteiger partial charge in [-0.3, -0.25) is 0 Å². The summed E-state index contributed by atoms with van der Waals surface area (Å²) in [5, 5.41) is 0. The summed E-state index contributed by atoms with van der Waals surface area (Å²) in [6.07, 6.45) is 2.91. The summed E-state index contributed by atoms with van der Waals surface area (Å²) < 4.78 is 0. The van der Waals surface area contributed by atoms with Gasteiger partial charge in [0.15, 0.2) is 0 Å². The highest BCUT2D eigenvalue weighted by Gasteiger charge is 1.75. The van der Waals surface area contributed by atoms with Gasteiger partial charge in [0.25, 0.3) is 0 Å². The molecule has 6 heavy (non-hydrogen) atoms. The molecule has 34 valence electrons. The molecular weight excluding hydrogens is 72.9 g/mol. The molecule has 0 aliphatic rings. The van der Waals surface area contributed by atoms with Crippen molar-refractivity contribution in [2.24, 2.45) is 5.73 Å². The van der Waals surface area contributed by atoms with Crippen LogP contribution in [0.1, 0.15) is 12.8 Å². The van der Waals surface area contributed by atoms with Crippen LogP contribution in [0.3, 0.4) is 0 Å². The Morgan fingerprint density at radius 1 is 1.33 bits per heavy atom. The van der Waals surface area contributed by atoms with E-state index in [0.29, 0.717) is 0 Å². The van der Waals surface area contributed by atoms with E-state index in [0.717, 1.165) is 25.7 Å². The molecule has 0 aromatic heterocycles. The van der Waals surface area contributed by atoms with Gasteiger partial charge in [0.2, 0.25) is 0 Å². The average Bonchev–Trinajstić information content (AvgIpc) is 1.61. The SMILES string of the molecule is [B]CCCCN. The van der Waals surface area contributed by atoms with Gasteiger partial charge < -0.3 is 5.73 Å². The lowest BCUT2D eigenvalue weighted by molar-refractivity contribution is 0.806. The minimum absolute atomic E-state index is 0.775. The first-order valence-corrected chi connectivity index (χ1v) is 2.32. The van der Waals surface area contributed by atoms with E-state index < -0.39 is 0 Å². The lowest BCUT2D eigenvalue weighted by atomic mass is 10.0. The molecule has 0 bridgehead atoms. The van der Waals surface area contributed by atoms with Gasteiger partial charge >= 0.3 is 0 Å². The topological polar surface area (TPSA) is 26.0 Å². The lowest BCUT2D eigenvalue weighted by Crippen LogP contribution is -1.96. The van der Waals surface area contributed by atoms with E-state index in [-0.39, 0.29) is 0 Å². The van der Waals surface area contributed by atoms with Gasteiger partial charge in [0.05, 0.1) is 7.85 Å². The predicted molar refractivity (Wildman–Crippen MR) is 28.8 cm³/mol. The van der Waals surface area contributed by atoms with Crippen LogP contribution >= 0.6 is 0 Å². The molecule has 0 unspecified atom stereocenters. The molecule has 0 aliphatic heterocycles. The average molecular weight is 82.9 g/mol. The number of nitrogens with two attached hydrogens (primary N) is 1. The van der Waals surface area contributed by atoms with Crippen molar-refractivity contribution in [1.82, 2.24) is 0 Å². The molecule has 2 N–H and O–H groups in total. The third-order valence-electron chi connectivity index (χ3n) is 0.658. The molecule has 2 radical (unpaired) electrons. The number of unbranched alkanes of at least 4 members (excludes halogenated alkanes) is 1. The van der Waals surface area contributed by atoms with Gasteiger partial charge in [-0.25, -0.2) is 0 Å². The van der Waals surface area contributed by atoms with Gasteiger partial charge in [-0.2, -0.15) is 0 Å². The highest BCUT2D eigenvalue weighted by molar-refractivity contribution is 6.08. The van der Waals surface area contributed by atoms with Crippen LogP contribution in [0.2, 0.25) is 6.32 Å². The van der Waals surface area contributed by atoms with Gasteiger partial charge in [0, 0.05) is 0 Å².